The summed E-state index contributed by atoms with van der Waals surface area (Å²) in [5, 5.41) is 10.2. The van der Waals surface area contributed by atoms with Crippen LogP contribution < -0.4 is 20.9 Å². The number of hydrogen-bond acceptors (Lipinski definition) is 2. The monoisotopic (exact) mass is 420 g/mol. The van der Waals surface area contributed by atoms with Crippen molar-refractivity contribution in [3.8, 4) is 0 Å². The van der Waals surface area contributed by atoms with Gasteiger partial charge in [-0.05, 0) is 34.9 Å². The molecule has 0 saturated heterocycles. The summed E-state index contributed by atoms with van der Waals surface area (Å²) in [4.78, 5) is 13.9. The standard InChI is InChI=1S/C27H21N2OP/c30-27-26(21-28-29(27)22-13-5-1-6-14-22)31(23-15-7-2-8-16-23,24-17-9-3-10-18-24)25-19-11-4-12-20-25/h1-21H. The minimum Gasteiger partial charge on any atom is -0.267 e. The van der Waals surface area contributed by atoms with Crippen molar-refractivity contribution < 1.29 is 4.79 Å². The van der Waals surface area contributed by atoms with E-state index in [0.717, 1.165) is 26.9 Å². The number of carbonyl (C=O) groups is 1. The van der Waals surface area contributed by atoms with Crippen LogP contribution in [0.4, 0.5) is 5.69 Å². The molecule has 0 aromatic heterocycles. The third kappa shape index (κ3) is 3.24. The van der Waals surface area contributed by atoms with Gasteiger partial charge < -0.3 is 0 Å². The van der Waals surface area contributed by atoms with Crippen LogP contribution in [0.25, 0.3) is 0 Å². The lowest BCUT2D eigenvalue weighted by Crippen LogP contribution is -2.36. The Hall–Kier alpha value is -3.68. The Morgan fingerprint density at radius 1 is 0.548 bits per heavy atom. The molecule has 0 bridgehead atoms. The minimum absolute atomic E-state index is 0.0731. The van der Waals surface area contributed by atoms with E-state index in [4.69, 9.17) is 0 Å². The maximum absolute atomic E-state index is 13.9. The molecule has 0 unspecified atom stereocenters. The van der Waals surface area contributed by atoms with Gasteiger partial charge in [-0.25, -0.2) is 0 Å². The Bertz CT molecular complexity index is 1180. The summed E-state index contributed by atoms with van der Waals surface area (Å²) in [6.45, 7) is -2.44. The molecule has 3 nitrogen and oxygen atoms in total. The van der Waals surface area contributed by atoms with Gasteiger partial charge in [0.2, 0.25) is 0 Å². The molecule has 150 valence electrons. The van der Waals surface area contributed by atoms with E-state index in [1.165, 1.54) is 5.01 Å². The smallest absolute Gasteiger partial charge is 0.267 e. The molecule has 0 aliphatic carbocycles. The van der Waals surface area contributed by atoms with Crippen molar-refractivity contribution in [2.45, 2.75) is 0 Å². The predicted octanol–water partition coefficient (Wildman–Crippen LogP) is 4.19. The van der Waals surface area contributed by atoms with Crippen LogP contribution in [-0.4, -0.2) is 17.4 Å². The summed E-state index contributed by atoms with van der Waals surface area (Å²) in [6, 6.07) is 40.7. The summed E-state index contributed by atoms with van der Waals surface area (Å²) in [5.41, 5.74) is 0.769. The Kier molecular flexibility index (Phi) is 5.11. The zero-order valence-corrected chi connectivity index (χ0v) is 17.8. The molecule has 0 saturated carbocycles. The van der Waals surface area contributed by atoms with Crippen molar-refractivity contribution in [2.24, 2.45) is 5.10 Å². The topological polar surface area (TPSA) is 32.7 Å². The van der Waals surface area contributed by atoms with E-state index in [-0.39, 0.29) is 5.91 Å². The Labute approximate surface area is 182 Å². The third-order valence-corrected chi connectivity index (χ3v) is 9.75. The highest BCUT2D eigenvalue weighted by Gasteiger charge is 2.37. The summed E-state index contributed by atoms with van der Waals surface area (Å²) in [7, 11) is 0. The zero-order valence-electron chi connectivity index (χ0n) is 16.9. The predicted molar refractivity (Wildman–Crippen MR) is 133 cm³/mol. The first kappa shape index (κ1) is 19.3. The first-order valence-electron chi connectivity index (χ1n) is 10.2. The van der Waals surface area contributed by atoms with E-state index < -0.39 is 6.89 Å². The van der Waals surface area contributed by atoms with Gasteiger partial charge in [0.05, 0.1) is 17.2 Å². The van der Waals surface area contributed by atoms with E-state index in [2.05, 4.69) is 41.5 Å². The maximum atomic E-state index is 13.9. The van der Waals surface area contributed by atoms with Gasteiger partial charge in [-0.1, -0.05) is 109 Å². The molecule has 5 rings (SSSR count). The summed E-state index contributed by atoms with van der Waals surface area (Å²) in [5.74, 6) is -0.0731. The molecule has 1 amide bonds. The fourth-order valence-electron chi connectivity index (χ4n) is 4.13. The van der Waals surface area contributed by atoms with Crippen molar-refractivity contribution in [1.29, 1.82) is 0 Å². The molecule has 1 aliphatic heterocycles. The van der Waals surface area contributed by atoms with Gasteiger partial charge in [0.15, 0.2) is 0 Å². The van der Waals surface area contributed by atoms with Crippen LogP contribution in [0.3, 0.4) is 0 Å². The number of hydrazone groups is 1. The largest absolute Gasteiger partial charge is 0.281 e. The van der Waals surface area contributed by atoms with E-state index >= 15 is 0 Å². The summed E-state index contributed by atoms with van der Waals surface area (Å²) >= 11 is 0. The molecule has 0 fully saturated rings. The fraction of sp³-hybridized carbons (Fsp3) is 0. The van der Waals surface area contributed by atoms with Crippen LogP contribution in [-0.2, 0) is 4.79 Å². The normalized spacial score (nSPS) is 13.6. The van der Waals surface area contributed by atoms with Gasteiger partial charge in [-0.15, -0.1) is 0 Å². The number of carbonyl (C=O) groups excluding carboxylic acids is 1. The van der Waals surface area contributed by atoms with Crippen molar-refractivity contribution in [3.05, 3.63) is 121 Å². The Morgan fingerprint density at radius 3 is 1.35 bits per heavy atom. The first-order chi connectivity index (χ1) is 15.3. The molecule has 0 atom stereocenters. The van der Waals surface area contributed by atoms with E-state index in [1.54, 1.807) is 6.21 Å². The molecular weight excluding hydrogens is 399 g/mol. The fourth-order valence-corrected chi connectivity index (χ4v) is 8.32. The van der Waals surface area contributed by atoms with Gasteiger partial charge in [-0.3, -0.25) is 4.79 Å². The Balaban J connectivity index is 1.88. The van der Waals surface area contributed by atoms with Crippen molar-refractivity contribution in [2.75, 3.05) is 5.01 Å². The van der Waals surface area contributed by atoms with E-state index in [1.807, 2.05) is 84.9 Å². The van der Waals surface area contributed by atoms with Crippen LogP contribution in [0.5, 0.6) is 0 Å². The molecule has 0 spiro atoms. The van der Waals surface area contributed by atoms with E-state index in [9.17, 15) is 4.79 Å². The zero-order chi connectivity index (χ0) is 21.1. The molecule has 4 heteroatoms. The average molecular weight is 420 g/mol. The second kappa shape index (κ2) is 8.22. The van der Waals surface area contributed by atoms with Crippen LogP contribution in [0.1, 0.15) is 0 Å². The lowest BCUT2D eigenvalue weighted by atomic mass is 10.3. The Morgan fingerprint density at radius 2 is 0.935 bits per heavy atom. The van der Waals surface area contributed by atoms with Crippen molar-refractivity contribution in [1.82, 2.24) is 0 Å². The van der Waals surface area contributed by atoms with Crippen LogP contribution in [0.15, 0.2) is 126 Å². The maximum Gasteiger partial charge on any atom is 0.281 e. The lowest BCUT2D eigenvalue weighted by Gasteiger charge is -2.30. The molecule has 4 aromatic rings. The SMILES string of the molecule is O=C1C(=P(c2ccccc2)(c2ccccc2)c2ccccc2)C=NN1c1ccccc1. The lowest BCUT2D eigenvalue weighted by molar-refractivity contribution is -0.112. The molecule has 0 radical (unpaired) electrons. The van der Waals surface area contributed by atoms with Crippen molar-refractivity contribution >= 4 is 45.9 Å². The molecule has 1 heterocycles. The molecule has 1 aliphatic rings. The van der Waals surface area contributed by atoms with Gasteiger partial charge in [0.1, 0.15) is 0 Å². The van der Waals surface area contributed by atoms with Gasteiger partial charge >= 0.3 is 0 Å². The minimum atomic E-state index is -2.44. The molecular formula is C27H21N2OP. The van der Waals surface area contributed by atoms with Gasteiger partial charge in [-0.2, -0.15) is 10.1 Å². The number of hydrogen-bond donors (Lipinski definition) is 0. The average Bonchev–Trinajstić information content (AvgIpc) is 3.24. The second-order valence-electron chi connectivity index (χ2n) is 7.26. The number of benzene rings is 4. The number of anilines is 1. The van der Waals surface area contributed by atoms with Gasteiger partial charge in [0, 0.05) is 0 Å². The van der Waals surface area contributed by atoms with Crippen LogP contribution >= 0.6 is 6.89 Å². The number of amides is 1. The van der Waals surface area contributed by atoms with Crippen molar-refractivity contribution in [3.63, 3.8) is 0 Å². The number of para-hydroxylation sites is 1. The quantitative estimate of drug-likeness (QED) is 0.456. The van der Waals surface area contributed by atoms with Crippen LogP contribution in [0, 0.1) is 0 Å². The summed E-state index contributed by atoms with van der Waals surface area (Å²) < 4.78 is 0. The highest BCUT2D eigenvalue weighted by Crippen LogP contribution is 2.47. The number of nitrogens with zero attached hydrogens (tertiary/aromatic N) is 2. The highest BCUT2D eigenvalue weighted by atomic mass is 31.2. The molecule has 4 aromatic carbocycles. The summed E-state index contributed by atoms with van der Waals surface area (Å²) in [6.07, 6.45) is 1.77. The number of rotatable bonds is 4. The highest BCUT2D eigenvalue weighted by molar-refractivity contribution is 7.97. The first-order valence-corrected chi connectivity index (χ1v) is 12.0. The molecule has 31 heavy (non-hydrogen) atoms. The van der Waals surface area contributed by atoms with Gasteiger partial charge in [0.25, 0.3) is 5.91 Å². The van der Waals surface area contributed by atoms with E-state index in [0.29, 0.717) is 0 Å². The molecule has 0 N–H and O–H groups in total. The second-order valence-corrected chi connectivity index (χ2v) is 10.6. The third-order valence-electron chi connectivity index (χ3n) is 5.50. The van der Waals surface area contributed by atoms with Crippen LogP contribution in [0.2, 0.25) is 0 Å².